The minimum Gasteiger partial charge on any atom is -0.403 e. The molecule has 2 amide bonds. The number of rotatable bonds is 5. The number of anilines is 1. The molecule has 2 aromatic rings. The van der Waals surface area contributed by atoms with Gasteiger partial charge >= 0.3 is 6.36 Å². The maximum absolute atomic E-state index is 13.7. The molecule has 0 fully saturated rings. The van der Waals surface area contributed by atoms with Crippen LogP contribution in [-0.4, -0.2) is 23.2 Å². The van der Waals surface area contributed by atoms with Crippen molar-refractivity contribution in [3.63, 3.8) is 0 Å². The fraction of sp³-hybridized carbons (Fsp3) is 0.235. The Kier molecular flexibility index (Phi) is 5.98. The zero-order chi connectivity index (χ0) is 20.2. The van der Waals surface area contributed by atoms with Crippen LogP contribution in [0.25, 0.3) is 0 Å². The number of hydrogen-bond acceptors (Lipinski definition) is 4. The van der Waals surface area contributed by atoms with Gasteiger partial charge < -0.3 is 15.4 Å². The first-order chi connectivity index (χ1) is 12.5. The van der Waals surface area contributed by atoms with Crippen LogP contribution in [-0.2, 0) is 11.3 Å². The molecule has 0 aliphatic heterocycles. The van der Waals surface area contributed by atoms with Crippen LogP contribution >= 0.6 is 0 Å². The topological polar surface area (TPSA) is 80.3 Å². The van der Waals surface area contributed by atoms with Gasteiger partial charge in [-0.15, -0.1) is 13.2 Å². The Morgan fingerprint density at radius 3 is 2.48 bits per heavy atom. The maximum atomic E-state index is 13.7. The predicted octanol–water partition coefficient (Wildman–Crippen LogP) is 3.32. The Balaban J connectivity index is 2.06. The fourth-order valence-corrected chi connectivity index (χ4v) is 2.19. The largest absolute Gasteiger partial charge is 0.573 e. The fourth-order valence-electron chi connectivity index (χ4n) is 2.19. The Hall–Kier alpha value is -3.17. The third-order valence-electron chi connectivity index (χ3n) is 3.19. The molecule has 0 bridgehead atoms. The highest BCUT2D eigenvalue weighted by atomic mass is 19.4. The molecule has 2 rings (SSSR count). The highest BCUT2D eigenvalue weighted by molar-refractivity contribution is 5.96. The molecular weight excluding hydrogens is 370 g/mol. The lowest BCUT2D eigenvalue weighted by Gasteiger charge is -2.11. The lowest BCUT2D eigenvalue weighted by Crippen LogP contribution is -2.23. The minimum atomic E-state index is -5.00. The average Bonchev–Trinajstić information content (AvgIpc) is 2.52. The molecule has 10 heteroatoms. The number of nitrogens with zero attached hydrogens (tertiary/aromatic N) is 1. The van der Waals surface area contributed by atoms with E-state index in [-0.39, 0.29) is 29.4 Å². The van der Waals surface area contributed by atoms with Crippen LogP contribution in [0.1, 0.15) is 28.5 Å². The first kappa shape index (κ1) is 20.1. The monoisotopic (exact) mass is 385 g/mol. The summed E-state index contributed by atoms with van der Waals surface area (Å²) in [6.07, 6.45) is -5.00. The Labute approximate surface area is 151 Å². The summed E-state index contributed by atoms with van der Waals surface area (Å²) in [6, 6.07) is 5.72. The molecule has 0 atom stereocenters. The molecule has 0 aliphatic rings. The SMILES string of the molecule is CC(=O)Nc1cc(C(=O)NCc2ccc(OC(F)(F)F)c(F)c2)cc(C)n1. The Morgan fingerprint density at radius 1 is 1.19 bits per heavy atom. The number of halogens is 4. The molecule has 0 saturated heterocycles. The third kappa shape index (κ3) is 6.24. The number of aromatic nitrogens is 1. The smallest absolute Gasteiger partial charge is 0.403 e. The number of benzene rings is 1. The maximum Gasteiger partial charge on any atom is 0.573 e. The van der Waals surface area contributed by atoms with Gasteiger partial charge in [0.2, 0.25) is 5.91 Å². The number of carbonyl (C=O) groups is 2. The number of ether oxygens (including phenoxy) is 1. The summed E-state index contributed by atoms with van der Waals surface area (Å²) >= 11 is 0. The van der Waals surface area contributed by atoms with Gasteiger partial charge in [-0.2, -0.15) is 0 Å². The van der Waals surface area contributed by atoms with Crippen LogP contribution in [0, 0.1) is 12.7 Å². The van der Waals surface area contributed by atoms with Crippen molar-refractivity contribution in [1.82, 2.24) is 10.3 Å². The second-order valence-corrected chi connectivity index (χ2v) is 5.56. The summed E-state index contributed by atoms with van der Waals surface area (Å²) in [5, 5.41) is 4.97. The normalized spacial score (nSPS) is 11.0. The van der Waals surface area contributed by atoms with E-state index in [0.29, 0.717) is 5.69 Å². The molecule has 1 aromatic heterocycles. The molecule has 0 saturated carbocycles. The van der Waals surface area contributed by atoms with E-state index in [0.717, 1.165) is 12.1 Å². The van der Waals surface area contributed by atoms with E-state index >= 15 is 0 Å². The van der Waals surface area contributed by atoms with E-state index in [1.165, 1.54) is 25.1 Å². The van der Waals surface area contributed by atoms with Gasteiger partial charge in [0.15, 0.2) is 11.6 Å². The number of amides is 2. The van der Waals surface area contributed by atoms with Crippen LogP contribution in [0.3, 0.4) is 0 Å². The first-order valence-corrected chi connectivity index (χ1v) is 7.62. The summed E-state index contributed by atoms with van der Waals surface area (Å²) in [4.78, 5) is 27.4. The van der Waals surface area contributed by atoms with Crippen molar-refractivity contribution in [2.75, 3.05) is 5.32 Å². The summed E-state index contributed by atoms with van der Waals surface area (Å²) in [5.41, 5.74) is 0.943. The molecule has 27 heavy (non-hydrogen) atoms. The Morgan fingerprint density at radius 2 is 1.89 bits per heavy atom. The highest BCUT2D eigenvalue weighted by Gasteiger charge is 2.32. The van der Waals surface area contributed by atoms with Crippen LogP contribution in [0.4, 0.5) is 23.4 Å². The predicted molar refractivity (Wildman–Crippen MR) is 87.5 cm³/mol. The first-order valence-electron chi connectivity index (χ1n) is 7.62. The number of alkyl halides is 3. The highest BCUT2D eigenvalue weighted by Crippen LogP contribution is 2.26. The van der Waals surface area contributed by atoms with Gasteiger partial charge in [0.25, 0.3) is 5.91 Å². The van der Waals surface area contributed by atoms with Crippen LogP contribution in [0.5, 0.6) is 5.75 Å². The van der Waals surface area contributed by atoms with Gasteiger partial charge in [-0.05, 0) is 36.8 Å². The molecule has 2 N–H and O–H groups in total. The van der Waals surface area contributed by atoms with E-state index in [1.807, 2.05) is 0 Å². The van der Waals surface area contributed by atoms with Crippen molar-refractivity contribution in [1.29, 1.82) is 0 Å². The summed E-state index contributed by atoms with van der Waals surface area (Å²) in [6.45, 7) is 2.81. The van der Waals surface area contributed by atoms with Crippen molar-refractivity contribution >= 4 is 17.6 Å². The summed E-state index contributed by atoms with van der Waals surface area (Å²) in [7, 11) is 0. The number of pyridine rings is 1. The molecule has 144 valence electrons. The number of aryl methyl sites for hydroxylation is 1. The number of carbonyl (C=O) groups excluding carboxylic acids is 2. The van der Waals surface area contributed by atoms with Crippen LogP contribution in [0.15, 0.2) is 30.3 Å². The van der Waals surface area contributed by atoms with Crippen LogP contribution in [0.2, 0.25) is 0 Å². The standard InChI is InChI=1S/C17H15F4N3O3/c1-9-5-12(7-15(23-9)24-10(2)25)16(26)22-8-11-3-4-14(13(18)6-11)27-17(19,20)21/h3-7H,8H2,1-2H3,(H,22,26)(H,23,24,25). The zero-order valence-corrected chi connectivity index (χ0v) is 14.3. The molecule has 0 spiro atoms. The van der Waals surface area contributed by atoms with E-state index in [9.17, 15) is 27.2 Å². The van der Waals surface area contributed by atoms with Gasteiger partial charge in [-0.3, -0.25) is 9.59 Å². The van der Waals surface area contributed by atoms with E-state index < -0.39 is 23.8 Å². The summed E-state index contributed by atoms with van der Waals surface area (Å²) in [5.74, 6) is -2.83. The van der Waals surface area contributed by atoms with E-state index in [4.69, 9.17) is 0 Å². The van der Waals surface area contributed by atoms with Gasteiger partial charge in [-0.1, -0.05) is 6.07 Å². The third-order valence-corrected chi connectivity index (χ3v) is 3.19. The van der Waals surface area contributed by atoms with Crippen molar-refractivity contribution in [2.24, 2.45) is 0 Å². The Bertz CT molecular complexity index is 869. The number of nitrogens with one attached hydrogen (secondary N) is 2. The van der Waals surface area contributed by atoms with Crippen molar-refractivity contribution in [2.45, 2.75) is 26.8 Å². The molecule has 0 radical (unpaired) electrons. The second-order valence-electron chi connectivity index (χ2n) is 5.56. The molecule has 1 heterocycles. The lowest BCUT2D eigenvalue weighted by atomic mass is 10.2. The average molecular weight is 385 g/mol. The molecule has 1 aromatic carbocycles. The summed E-state index contributed by atoms with van der Waals surface area (Å²) < 4.78 is 53.6. The molecule has 6 nitrogen and oxygen atoms in total. The van der Waals surface area contributed by atoms with Gasteiger partial charge in [0.1, 0.15) is 5.82 Å². The van der Waals surface area contributed by atoms with E-state index in [2.05, 4.69) is 20.4 Å². The quantitative estimate of drug-likeness (QED) is 0.774. The second kappa shape index (κ2) is 8.02. The molecule has 0 aliphatic carbocycles. The molecule has 0 unspecified atom stereocenters. The minimum absolute atomic E-state index is 0.126. The van der Waals surface area contributed by atoms with Gasteiger partial charge in [0.05, 0.1) is 0 Å². The van der Waals surface area contributed by atoms with Crippen molar-refractivity contribution in [3.8, 4) is 5.75 Å². The van der Waals surface area contributed by atoms with E-state index in [1.54, 1.807) is 6.92 Å². The van der Waals surface area contributed by atoms with Crippen molar-refractivity contribution in [3.05, 3.63) is 53.0 Å². The zero-order valence-electron chi connectivity index (χ0n) is 14.3. The van der Waals surface area contributed by atoms with Gasteiger partial charge in [0, 0.05) is 24.7 Å². The van der Waals surface area contributed by atoms with Crippen molar-refractivity contribution < 1.29 is 31.9 Å². The molecular formula is C17H15F4N3O3. The lowest BCUT2D eigenvalue weighted by molar-refractivity contribution is -0.275. The van der Waals surface area contributed by atoms with Gasteiger partial charge in [-0.25, -0.2) is 9.37 Å². The number of hydrogen-bond donors (Lipinski definition) is 2. The van der Waals surface area contributed by atoms with Crippen LogP contribution < -0.4 is 15.4 Å².